The zero-order chi connectivity index (χ0) is 15.5. The van der Waals surface area contributed by atoms with Gasteiger partial charge in [0.2, 0.25) is 5.95 Å². The van der Waals surface area contributed by atoms with Gasteiger partial charge in [0, 0.05) is 16.7 Å². The summed E-state index contributed by atoms with van der Waals surface area (Å²) in [4.78, 5) is 7.93. The van der Waals surface area contributed by atoms with Crippen LogP contribution in [0.4, 0.5) is 11.6 Å². The summed E-state index contributed by atoms with van der Waals surface area (Å²) in [7, 11) is -3.70. The van der Waals surface area contributed by atoms with Crippen molar-refractivity contribution in [3.63, 3.8) is 0 Å². The topological polar surface area (TPSA) is 84.0 Å². The lowest BCUT2D eigenvalue weighted by Crippen LogP contribution is -2.14. The van der Waals surface area contributed by atoms with Crippen molar-refractivity contribution in [2.24, 2.45) is 0 Å². The highest BCUT2D eigenvalue weighted by molar-refractivity contribution is 9.10. The maximum absolute atomic E-state index is 12.2. The van der Waals surface area contributed by atoms with Crippen LogP contribution >= 0.6 is 15.9 Å². The summed E-state index contributed by atoms with van der Waals surface area (Å²) in [5.74, 6) is 0.398. The van der Waals surface area contributed by atoms with E-state index in [2.05, 4.69) is 35.9 Å². The van der Waals surface area contributed by atoms with Gasteiger partial charge >= 0.3 is 0 Å². The first-order valence-corrected chi connectivity index (χ1v) is 8.55. The highest BCUT2D eigenvalue weighted by Gasteiger charge is 2.15. The molecule has 0 spiro atoms. The van der Waals surface area contributed by atoms with Gasteiger partial charge in [-0.15, -0.1) is 0 Å². The molecule has 0 radical (unpaired) electrons. The average Bonchev–Trinajstić information content (AvgIpc) is 2.44. The molecule has 0 saturated carbocycles. The van der Waals surface area contributed by atoms with Gasteiger partial charge in [-0.2, -0.15) is 0 Å². The number of anilines is 2. The van der Waals surface area contributed by atoms with Crippen LogP contribution in [0, 0.1) is 6.92 Å². The molecule has 1 aromatic heterocycles. The number of hydrogen-bond donors (Lipinski definition) is 2. The van der Waals surface area contributed by atoms with E-state index in [1.807, 2.05) is 19.9 Å². The van der Waals surface area contributed by atoms with E-state index in [1.54, 1.807) is 12.1 Å². The predicted molar refractivity (Wildman–Crippen MR) is 85.9 cm³/mol. The Bertz CT molecular complexity index is 732. The molecule has 0 saturated heterocycles. The fraction of sp³-hybridized carbons (Fsp3) is 0.231. The molecular formula is C13H15BrN4O2S. The van der Waals surface area contributed by atoms with Gasteiger partial charge in [0.05, 0.1) is 12.4 Å². The van der Waals surface area contributed by atoms with Crippen molar-refractivity contribution in [2.45, 2.75) is 18.7 Å². The van der Waals surface area contributed by atoms with Gasteiger partial charge in [-0.25, -0.2) is 18.4 Å². The lowest BCUT2D eigenvalue weighted by molar-refractivity contribution is 0.600. The molecule has 1 aromatic carbocycles. The Labute approximate surface area is 132 Å². The molecule has 0 unspecified atom stereocenters. The second kappa shape index (κ2) is 6.40. The molecule has 0 aliphatic heterocycles. The SMILES string of the molecule is CCNc1ncc(S(=O)(=O)Nc2ccc(C)c(Br)c2)cn1. The first-order valence-electron chi connectivity index (χ1n) is 6.27. The third kappa shape index (κ3) is 3.92. The number of rotatable bonds is 5. The van der Waals surface area contributed by atoms with Crippen LogP contribution in [0.5, 0.6) is 0 Å². The lowest BCUT2D eigenvalue weighted by atomic mass is 10.2. The molecular weight excluding hydrogens is 356 g/mol. The Morgan fingerprint density at radius 2 is 1.90 bits per heavy atom. The van der Waals surface area contributed by atoms with Gasteiger partial charge < -0.3 is 5.32 Å². The molecule has 8 heteroatoms. The minimum Gasteiger partial charge on any atom is -0.355 e. The molecule has 0 aliphatic rings. The van der Waals surface area contributed by atoms with Crippen molar-refractivity contribution in [3.8, 4) is 0 Å². The molecule has 1 heterocycles. The molecule has 0 atom stereocenters. The summed E-state index contributed by atoms with van der Waals surface area (Å²) in [5, 5.41) is 2.91. The molecule has 6 nitrogen and oxygen atoms in total. The molecule has 0 bridgehead atoms. The minimum atomic E-state index is -3.70. The molecule has 0 aliphatic carbocycles. The number of halogens is 1. The highest BCUT2D eigenvalue weighted by atomic mass is 79.9. The Hall–Kier alpha value is -1.67. The van der Waals surface area contributed by atoms with Gasteiger partial charge in [-0.05, 0) is 31.5 Å². The maximum atomic E-state index is 12.2. The smallest absolute Gasteiger partial charge is 0.264 e. The zero-order valence-electron chi connectivity index (χ0n) is 11.6. The maximum Gasteiger partial charge on any atom is 0.264 e. The third-order valence-electron chi connectivity index (χ3n) is 2.70. The number of hydrogen-bond acceptors (Lipinski definition) is 5. The Kier molecular flexibility index (Phi) is 4.79. The van der Waals surface area contributed by atoms with Crippen molar-refractivity contribution in [1.29, 1.82) is 0 Å². The molecule has 0 amide bonds. The molecule has 21 heavy (non-hydrogen) atoms. The fourth-order valence-electron chi connectivity index (χ4n) is 1.57. The largest absolute Gasteiger partial charge is 0.355 e. The van der Waals surface area contributed by atoms with Crippen LogP contribution < -0.4 is 10.0 Å². The van der Waals surface area contributed by atoms with Crippen LogP contribution in [0.2, 0.25) is 0 Å². The van der Waals surface area contributed by atoms with E-state index in [0.717, 1.165) is 10.0 Å². The standard InChI is InChI=1S/C13H15BrN4O2S/c1-3-15-13-16-7-11(8-17-13)21(19,20)18-10-5-4-9(2)12(14)6-10/h4-8,18H,3H2,1-2H3,(H,15,16,17). The van der Waals surface area contributed by atoms with E-state index >= 15 is 0 Å². The number of aryl methyl sites for hydroxylation is 1. The molecule has 112 valence electrons. The number of nitrogens with zero attached hydrogens (tertiary/aromatic N) is 2. The van der Waals surface area contributed by atoms with Crippen molar-refractivity contribution >= 4 is 37.6 Å². The fourth-order valence-corrected chi connectivity index (χ4v) is 2.89. The summed E-state index contributed by atoms with van der Waals surface area (Å²) in [6.07, 6.45) is 2.55. The number of benzene rings is 1. The number of nitrogens with one attached hydrogen (secondary N) is 2. The van der Waals surface area contributed by atoms with Crippen molar-refractivity contribution in [1.82, 2.24) is 9.97 Å². The highest BCUT2D eigenvalue weighted by Crippen LogP contribution is 2.22. The van der Waals surface area contributed by atoms with Gasteiger partial charge in [-0.3, -0.25) is 4.72 Å². The lowest BCUT2D eigenvalue weighted by Gasteiger charge is -2.09. The van der Waals surface area contributed by atoms with Crippen LogP contribution in [0.1, 0.15) is 12.5 Å². The summed E-state index contributed by atoms with van der Waals surface area (Å²) in [6, 6.07) is 5.24. The van der Waals surface area contributed by atoms with Crippen LogP contribution in [-0.4, -0.2) is 24.9 Å². The molecule has 2 rings (SSSR count). The van der Waals surface area contributed by atoms with Gasteiger partial charge in [0.1, 0.15) is 4.90 Å². The van der Waals surface area contributed by atoms with Crippen LogP contribution in [0.3, 0.4) is 0 Å². The second-order valence-corrected chi connectivity index (χ2v) is 6.88. The summed E-state index contributed by atoms with van der Waals surface area (Å²) < 4.78 is 27.8. The van der Waals surface area contributed by atoms with E-state index in [-0.39, 0.29) is 4.90 Å². The summed E-state index contributed by atoms with van der Waals surface area (Å²) >= 11 is 3.37. The Balaban J connectivity index is 2.23. The van der Waals surface area contributed by atoms with Gasteiger partial charge in [-0.1, -0.05) is 22.0 Å². The molecule has 0 fully saturated rings. The summed E-state index contributed by atoms with van der Waals surface area (Å²) in [6.45, 7) is 4.50. The average molecular weight is 371 g/mol. The van der Waals surface area contributed by atoms with Crippen LogP contribution in [-0.2, 0) is 10.0 Å². The van der Waals surface area contributed by atoms with Gasteiger partial charge in [0.25, 0.3) is 10.0 Å². The molecule has 2 N–H and O–H groups in total. The Morgan fingerprint density at radius 3 is 2.48 bits per heavy atom. The van der Waals surface area contributed by atoms with E-state index in [4.69, 9.17) is 0 Å². The monoisotopic (exact) mass is 370 g/mol. The van der Waals surface area contributed by atoms with E-state index < -0.39 is 10.0 Å². The first kappa shape index (κ1) is 15.7. The van der Waals surface area contributed by atoms with E-state index in [0.29, 0.717) is 18.2 Å². The minimum absolute atomic E-state index is 0.0147. The second-order valence-electron chi connectivity index (χ2n) is 4.34. The zero-order valence-corrected chi connectivity index (χ0v) is 14.0. The third-order valence-corrected chi connectivity index (χ3v) is 4.89. The Morgan fingerprint density at radius 1 is 1.24 bits per heavy atom. The van der Waals surface area contributed by atoms with Crippen molar-refractivity contribution < 1.29 is 8.42 Å². The van der Waals surface area contributed by atoms with Crippen molar-refractivity contribution in [3.05, 3.63) is 40.6 Å². The first-order chi connectivity index (χ1) is 9.92. The summed E-state index contributed by atoms with van der Waals surface area (Å²) in [5.41, 5.74) is 1.50. The quantitative estimate of drug-likeness (QED) is 0.845. The number of sulfonamides is 1. The van der Waals surface area contributed by atoms with E-state index in [1.165, 1.54) is 12.4 Å². The van der Waals surface area contributed by atoms with Crippen molar-refractivity contribution in [2.75, 3.05) is 16.6 Å². The number of aromatic nitrogens is 2. The van der Waals surface area contributed by atoms with E-state index in [9.17, 15) is 8.42 Å². The van der Waals surface area contributed by atoms with Crippen LogP contribution in [0.25, 0.3) is 0 Å². The molecule has 2 aromatic rings. The predicted octanol–water partition coefficient (Wildman–Crippen LogP) is 2.78. The normalized spacial score (nSPS) is 11.2. The van der Waals surface area contributed by atoms with Crippen LogP contribution in [0.15, 0.2) is 40.0 Å². The van der Waals surface area contributed by atoms with Gasteiger partial charge in [0.15, 0.2) is 0 Å².